The number of hydrogen-bond donors (Lipinski definition) is 4. The Labute approximate surface area is 182 Å². The maximum atomic E-state index is 13.9. The molecule has 2 aromatic carbocycles. The number of alkyl halides is 6. The van der Waals surface area contributed by atoms with Crippen LogP contribution in [-0.2, 0) is 18.8 Å². The van der Waals surface area contributed by atoms with E-state index in [-0.39, 0.29) is 0 Å². The Morgan fingerprint density at radius 3 is 1.56 bits per heavy atom. The second-order valence-corrected chi connectivity index (χ2v) is 6.81. The molecule has 0 saturated carbocycles. The van der Waals surface area contributed by atoms with Crippen LogP contribution in [0.2, 0.25) is 0 Å². The van der Waals surface area contributed by atoms with E-state index in [1.807, 2.05) is 0 Å². The Hall–Kier alpha value is -4.30. The SMILES string of the molecule is O=C(O)c1cc2c(cc1C(=O)O)Oc1c(c(C(F)(F)F)c(C(=O)O)c(C(=O)O)c1C(F)(F)F)C2. The zero-order valence-electron chi connectivity index (χ0n) is 16.0. The second kappa shape index (κ2) is 7.64. The molecule has 180 valence electrons. The maximum absolute atomic E-state index is 13.9. The fourth-order valence-electron chi connectivity index (χ4n) is 3.58. The molecule has 0 saturated heterocycles. The van der Waals surface area contributed by atoms with Crippen LogP contribution in [0.1, 0.15) is 63.7 Å². The summed E-state index contributed by atoms with van der Waals surface area (Å²) in [6.07, 6.45) is -12.6. The number of benzene rings is 2. The summed E-state index contributed by atoms with van der Waals surface area (Å²) in [5.41, 5.74) is -12.8. The number of carboxylic acids is 4. The predicted molar refractivity (Wildman–Crippen MR) is 93.6 cm³/mol. The Morgan fingerprint density at radius 1 is 0.706 bits per heavy atom. The summed E-state index contributed by atoms with van der Waals surface area (Å²) >= 11 is 0. The van der Waals surface area contributed by atoms with E-state index >= 15 is 0 Å². The van der Waals surface area contributed by atoms with Crippen LogP contribution < -0.4 is 4.74 Å². The van der Waals surface area contributed by atoms with E-state index in [2.05, 4.69) is 0 Å². The van der Waals surface area contributed by atoms with Gasteiger partial charge in [0.05, 0.1) is 27.8 Å². The lowest BCUT2D eigenvalue weighted by molar-refractivity contribution is -0.143. The first-order valence-corrected chi connectivity index (χ1v) is 8.61. The average Bonchev–Trinajstić information content (AvgIpc) is 2.67. The van der Waals surface area contributed by atoms with Crippen molar-refractivity contribution < 1.29 is 70.7 Å². The molecule has 0 spiro atoms. The smallest absolute Gasteiger partial charge is 0.420 e. The van der Waals surface area contributed by atoms with Gasteiger partial charge in [0.15, 0.2) is 0 Å². The van der Waals surface area contributed by atoms with Gasteiger partial charge in [-0.2, -0.15) is 26.3 Å². The van der Waals surface area contributed by atoms with Crippen molar-refractivity contribution in [1.82, 2.24) is 0 Å². The average molecular weight is 494 g/mol. The van der Waals surface area contributed by atoms with Gasteiger partial charge in [-0.25, -0.2) is 19.2 Å². The first-order chi connectivity index (χ1) is 15.5. The zero-order chi connectivity index (χ0) is 25.9. The van der Waals surface area contributed by atoms with Crippen LogP contribution >= 0.6 is 0 Å². The van der Waals surface area contributed by atoms with Crippen LogP contribution in [0.4, 0.5) is 26.3 Å². The number of fused-ring (bicyclic) bond motifs is 2. The van der Waals surface area contributed by atoms with E-state index in [1.54, 1.807) is 0 Å². The Kier molecular flexibility index (Phi) is 5.47. The third-order valence-electron chi connectivity index (χ3n) is 4.79. The number of aromatic carboxylic acids is 4. The fraction of sp³-hybridized carbons (Fsp3) is 0.158. The summed E-state index contributed by atoms with van der Waals surface area (Å²) in [7, 11) is 0. The van der Waals surface area contributed by atoms with E-state index in [0.717, 1.165) is 0 Å². The maximum Gasteiger partial charge on any atom is 0.420 e. The van der Waals surface area contributed by atoms with Gasteiger partial charge in [-0.1, -0.05) is 0 Å². The van der Waals surface area contributed by atoms with Gasteiger partial charge in [0.2, 0.25) is 0 Å². The standard InChI is InChI=1S/C19H8F6O9/c20-18(21,22)11-7-2-4-1-5(14(26)27)6(15(28)29)3-8(4)34-13(7)12(19(23,24)25)10(17(32)33)9(11)16(30)31/h1,3H,2H2,(H,26,27)(H,28,29)(H,30,31)(H,32,33). The summed E-state index contributed by atoms with van der Waals surface area (Å²) < 4.78 is 88.0. The lowest BCUT2D eigenvalue weighted by atomic mass is 9.84. The van der Waals surface area contributed by atoms with E-state index in [1.165, 1.54) is 0 Å². The summed E-state index contributed by atoms with van der Waals surface area (Å²) in [5.74, 6) is -11.4. The molecule has 0 aliphatic carbocycles. The van der Waals surface area contributed by atoms with Crippen molar-refractivity contribution in [1.29, 1.82) is 0 Å². The molecule has 0 atom stereocenters. The van der Waals surface area contributed by atoms with Gasteiger partial charge in [0.25, 0.3) is 0 Å². The molecule has 0 aromatic heterocycles. The monoisotopic (exact) mass is 494 g/mol. The lowest BCUT2D eigenvalue weighted by Gasteiger charge is -2.29. The van der Waals surface area contributed by atoms with Crippen molar-refractivity contribution in [3.05, 3.63) is 56.6 Å². The molecular weight excluding hydrogens is 486 g/mol. The molecule has 9 nitrogen and oxygen atoms in total. The van der Waals surface area contributed by atoms with Gasteiger partial charge in [-0.3, -0.25) is 0 Å². The zero-order valence-corrected chi connectivity index (χ0v) is 16.0. The molecule has 0 bridgehead atoms. The van der Waals surface area contributed by atoms with Gasteiger partial charge in [0, 0.05) is 17.5 Å². The number of hydrogen-bond acceptors (Lipinski definition) is 5. The first-order valence-electron chi connectivity index (χ1n) is 8.61. The van der Waals surface area contributed by atoms with Crippen LogP contribution in [0.15, 0.2) is 12.1 Å². The van der Waals surface area contributed by atoms with E-state index < -0.39 is 98.7 Å². The fourth-order valence-corrected chi connectivity index (χ4v) is 3.58. The lowest BCUT2D eigenvalue weighted by Crippen LogP contribution is -2.27. The van der Waals surface area contributed by atoms with Gasteiger partial charge in [0.1, 0.15) is 17.1 Å². The molecule has 1 heterocycles. The summed E-state index contributed by atoms with van der Waals surface area (Å²) in [6.45, 7) is 0. The number of halogens is 6. The second-order valence-electron chi connectivity index (χ2n) is 6.81. The van der Waals surface area contributed by atoms with Crippen molar-refractivity contribution in [3.8, 4) is 11.5 Å². The van der Waals surface area contributed by atoms with Gasteiger partial charge in [-0.05, 0) is 12.1 Å². The molecule has 0 radical (unpaired) electrons. The molecule has 2 aromatic rings. The van der Waals surface area contributed by atoms with Crippen molar-refractivity contribution in [2.24, 2.45) is 0 Å². The highest BCUT2D eigenvalue weighted by molar-refractivity contribution is 6.06. The molecule has 1 aliphatic heterocycles. The Bertz CT molecular complexity index is 1190. The molecule has 1 aliphatic rings. The number of ether oxygens (including phenoxy) is 1. The Balaban J connectivity index is 2.53. The minimum absolute atomic E-state index is 0.461. The topological polar surface area (TPSA) is 158 Å². The van der Waals surface area contributed by atoms with Crippen LogP contribution in [-0.4, -0.2) is 44.3 Å². The minimum Gasteiger partial charge on any atom is -0.478 e. The molecular formula is C19H8F6O9. The molecule has 0 unspecified atom stereocenters. The van der Waals surface area contributed by atoms with Gasteiger partial charge >= 0.3 is 36.2 Å². The number of rotatable bonds is 4. The van der Waals surface area contributed by atoms with Crippen LogP contribution in [0.5, 0.6) is 11.5 Å². The Morgan fingerprint density at radius 2 is 1.15 bits per heavy atom. The number of carbonyl (C=O) groups is 4. The van der Waals surface area contributed by atoms with Crippen LogP contribution in [0.25, 0.3) is 0 Å². The largest absolute Gasteiger partial charge is 0.478 e. The number of carboxylic acid groups (broad SMARTS) is 4. The van der Waals surface area contributed by atoms with E-state index in [9.17, 15) is 60.8 Å². The predicted octanol–water partition coefficient (Wildman–Crippen LogP) is 4.21. The highest BCUT2D eigenvalue weighted by atomic mass is 19.4. The highest BCUT2D eigenvalue weighted by Gasteiger charge is 2.50. The molecule has 0 fully saturated rings. The molecule has 0 amide bonds. The third kappa shape index (κ3) is 3.84. The summed E-state index contributed by atoms with van der Waals surface area (Å²) in [4.78, 5) is 45.8. The highest BCUT2D eigenvalue weighted by Crippen LogP contribution is 2.52. The van der Waals surface area contributed by atoms with Crippen LogP contribution in [0, 0.1) is 0 Å². The van der Waals surface area contributed by atoms with Gasteiger partial charge < -0.3 is 25.2 Å². The molecule has 4 N–H and O–H groups in total. The normalized spacial score (nSPS) is 12.9. The third-order valence-corrected chi connectivity index (χ3v) is 4.79. The van der Waals surface area contributed by atoms with E-state index in [4.69, 9.17) is 9.84 Å². The van der Waals surface area contributed by atoms with Crippen molar-refractivity contribution in [2.75, 3.05) is 0 Å². The summed E-state index contributed by atoms with van der Waals surface area (Å²) in [6, 6.07) is 1.02. The first kappa shape index (κ1) is 24.3. The van der Waals surface area contributed by atoms with Crippen molar-refractivity contribution in [3.63, 3.8) is 0 Å². The van der Waals surface area contributed by atoms with Crippen molar-refractivity contribution in [2.45, 2.75) is 18.8 Å². The minimum atomic E-state index is -5.72. The van der Waals surface area contributed by atoms with Crippen molar-refractivity contribution >= 4 is 23.9 Å². The summed E-state index contributed by atoms with van der Waals surface area (Å²) in [5, 5.41) is 36.8. The van der Waals surface area contributed by atoms with Gasteiger partial charge in [-0.15, -0.1) is 0 Å². The van der Waals surface area contributed by atoms with E-state index in [0.29, 0.717) is 12.1 Å². The molecule has 3 rings (SSSR count). The molecule has 34 heavy (non-hydrogen) atoms. The quantitative estimate of drug-likeness (QED) is 0.390. The molecule has 15 heteroatoms. The van der Waals surface area contributed by atoms with Crippen LogP contribution in [0.3, 0.4) is 0 Å².